The van der Waals surface area contributed by atoms with Crippen LogP contribution in [0.1, 0.15) is 11.1 Å². The Hall–Kier alpha value is -2.28. The van der Waals surface area contributed by atoms with Crippen molar-refractivity contribution in [2.75, 3.05) is 26.2 Å². The van der Waals surface area contributed by atoms with Gasteiger partial charge in [-0.05, 0) is 53.3 Å². The zero-order valence-corrected chi connectivity index (χ0v) is 17.9. The molecule has 2 aliphatic rings. The van der Waals surface area contributed by atoms with E-state index in [0.717, 1.165) is 49.2 Å². The smallest absolute Gasteiger partial charge is 0.410 e. The number of benzene rings is 2. The number of amides is 1. The molecule has 3 heterocycles. The minimum absolute atomic E-state index is 0.174. The van der Waals surface area contributed by atoms with Crippen molar-refractivity contribution in [2.24, 2.45) is 11.8 Å². The van der Waals surface area contributed by atoms with Crippen LogP contribution in [0.2, 0.25) is 10.0 Å². The number of nitrogens with zero attached hydrogens (tertiary/aromatic N) is 3. The van der Waals surface area contributed by atoms with E-state index < -0.39 is 0 Å². The molecule has 0 saturated carbocycles. The topological polar surface area (TPSA) is 61.5 Å². The van der Waals surface area contributed by atoms with Crippen molar-refractivity contribution in [3.05, 3.63) is 63.8 Å². The summed E-state index contributed by atoms with van der Waals surface area (Å²) in [5.74, 6) is 0.992. The molecule has 0 spiro atoms. The Morgan fingerprint density at radius 1 is 1.03 bits per heavy atom. The summed E-state index contributed by atoms with van der Waals surface area (Å²) in [6, 6.07) is 11.6. The van der Waals surface area contributed by atoms with Gasteiger partial charge in [0.2, 0.25) is 0 Å². The van der Waals surface area contributed by atoms with E-state index in [0.29, 0.717) is 21.9 Å². The van der Waals surface area contributed by atoms with Gasteiger partial charge in [-0.2, -0.15) is 5.10 Å². The number of ether oxygens (including phenoxy) is 1. The second-order valence-electron chi connectivity index (χ2n) is 8.24. The van der Waals surface area contributed by atoms with Crippen molar-refractivity contribution in [1.82, 2.24) is 20.0 Å². The number of rotatable bonds is 4. The summed E-state index contributed by atoms with van der Waals surface area (Å²) in [6.07, 6.45) is 1.59. The van der Waals surface area contributed by atoms with Crippen molar-refractivity contribution in [3.63, 3.8) is 0 Å². The highest BCUT2D eigenvalue weighted by molar-refractivity contribution is 6.34. The molecule has 0 aliphatic carbocycles. The van der Waals surface area contributed by atoms with Crippen molar-refractivity contribution >= 4 is 40.2 Å². The average Bonchev–Trinajstić information content (AvgIpc) is 3.39. The van der Waals surface area contributed by atoms with Crippen LogP contribution in [0.25, 0.3) is 10.9 Å². The molecular formula is C22H22Cl2N4O2. The number of aromatic amines is 1. The molecule has 0 radical (unpaired) electrons. The van der Waals surface area contributed by atoms with Crippen molar-refractivity contribution in [1.29, 1.82) is 0 Å². The number of H-pyrrole nitrogens is 1. The Morgan fingerprint density at radius 2 is 1.77 bits per heavy atom. The van der Waals surface area contributed by atoms with E-state index in [2.05, 4.69) is 33.3 Å². The molecule has 1 aromatic heterocycles. The third-order valence-electron chi connectivity index (χ3n) is 6.02. The first-order chi connectivity index (χ1) is 14.5. The van der Waals surface area contributed by atoms with Crippen molar-refractivity contribution < 1.29 is 9.53 Å². The molecule has 2 fully saturated rings. The maximum atomic E-state index is 12.5. The van der Waals surface area contributed by atoms with Crippen LogP contribution >= 0.6 is 23.2 Å². The first-order valence-corrected chi connectivity index (χ1v) is 10.8. The first kappa shape index (κ1) is 19.7. The molecule has 2 aromatic carbocycles. The molecule has 0 bridgehead atoms. The quantitative estimate of drug-likeness (QED) is 0.639. The van der Waals surface area contributed by atoms with Crippen molar-refractivity contribution in [2.45, 2.75) is 13.2 Å². The zero-order valence-electron chi connectivity index (χ0n) is 16.4. The number of nitrogens with one attached hydrogen (secondary N) is 1. The summed E-state index contributed by atoms with van der Waals surface area (Å²) in [4.78, 5) is 16.8. The Balaban J connectivity index is 1.13. The van der Waals surface area contributed by atoms with Crippen LogP contribution in [0, 0.1) is 11.8 Å². The second-order valence-corrected chi connectivity index (χ2v) is 9.12. The molecule has 2 aliphatic heterocycles. The maximum Gasteiger partial charge on any atom is 0.410 e. The van der Waals surface area contributed by atoms with E-state index in [1.807, 2.05) is 11.1 Å². The van der Waals surface area contributed by atoms with Gasteiger partial charge in [0.05, 0.1) is 11.7 Å². The van der Waals surface area contributed by atoms with Crippen LogP contribution in [0.4, 0.5) is 4.79 Å². The van der Waals surface area contributed by atoms with Gasteiger partial charge in [0.15, 0.2) is 0 Å². The highest BCUT2D eigenvalue weighted by Gasteiger charge is 2.41. The summed E-state index contributed by atoms with van der Waals surface area (Å²) in [7, 11) is 0. The van der Waals surface area contributed by atoms with E-state index in [9.17, 15) is 4.79 Å². The molecule has 6 nitrogen and oxygen atoms in total. The fraction of sp³-hybridized carbons (Fsp3) is 0.364. The lowest BCUT2D eigenvalue weighted by atomic mass is 10.0. The molecule has 156 valence electrons. The van der Waals surface area contributed by atoms with E-state index in [1.54, 1.807) is 18.2 Å². The SMILES string of the molecule is O=C(OCc1cc(Cl)cc(Cl)c1)N1CC2CN(Cc3ccc4[nH]ncc4c3)CC2C1. The van der Waals surface area contributed by atoms with Gasteiger partial charge in [-0.25, -0.2) is 4.79 Å². The number of likely N-dealkylation sites (tertiary alicyclic amines) is 2. The lowest BCUT2D eigenvalue weighted by molar-refractivity contribution is 0.0997. The van der Waals surface area contributed by atoms with Crippen LogP contribution in [0.15, 0.2) is 42.6 Å². The van der Waals surface area contributed by atoms with Crippen molar-refractivity contribution in [3.8, 4) is 0 Å². The number of hydrogen-bond donors (Lipinski definition) is 1. The van der Waals surface area contributed by atoms with Gasteiger partial charge in [-0.3, -0.25) is 10.00 Å². The normalized spacial score (nSPS) is 21.3. The third-order valence-corrected chi connectivity index (χ3v) is 6.45. The molecule has 30 heavy (non-hydrogen) atoms. The van der Waals surface area contributed by atoms with Gasteiger partial charge < -0.3 is 9.64 Å². The van der Waals surface area contributed by atoms with E-state index in [4.69, 9.17) is 27.9 Å². The molecule has 2 atom stereocenters. The summed E-state index contributed by atoms with van der Waals surface area (Å²) in [6.45, 7) is 4.60. The summed E-state index contributed by atoms with van der Waals surface area (Å²) >= 11 is 12.0. The number of carbonyl (C=O) groups excluding carboxylic acids is 1. The first-order valence-electron chi connectivity index (χ1n) is 10.0. The van der Waals surface area contributed by atoms with Gasteiger partial charge in [0, 0.05) is 48.2 Å². The Labute approximate surface area is 184 Å². The van der Waals surface area contributed by atoms with Crippen LogP contribution < -0.4 is 0 Å². The van der Waals surface area contributed by atoms with E-state index >= 15 is 0 Å². The highest BCUT2D eigenvalue weighted by atomic mass is 35.5. The van der Waals surface area contributed by atoms with Gasteiger partial charge >= 0.3 is 6.09 Å². The lowest BCUT2D eigenvalue weighted by Crippen LogP contribution is -2.33. The fourth-order valence-electron chi connectivity index (χ4n) is 4.65. The van der Waals surface area contributed by atoms with Crippen LogP contribution in [0.5, 0.6) is 0 Å². The number of fused-ring (bicyclic) bond motifs is 2. The zero-order chi connectivity index (χ0) is 20.7. The predicted molar refractivity (Wildman–Crippen MR) is 117 cm³/mol. The average molecular weight is 445 g/mol. The molecule has 8 heteroatoms. The predicted octanol–water partition coefficient (Wildman–Crippen LogP) is 4.57. The van der Waals surface area contributed by atoms with Gasteiger partial charge in [-0.15, -0.1) is 0 Å². The number of aromatic nitrogens is 2. The minimum atomic E-state index is -0.266. The molecule has 1 N–H and O–H groups in total. The summed E-state index contributed by atoms with van der Waals surface area (Å²) < 4.78 is 5.49. The number of halogens is 2. The van der Waals surface area contributed by atoms with Crippen LogP contribution in [0.3, 0.4) is 0 Å². The van der Waals surface area contributed by atoms with E-state index in [1.165, 1.54) is 5.56 Å². The van der Waals surface area contributed by atoms with Crippen LogP contribution in [-0.2, 0) is 17.9 Å². The van der Waals surface area contributed by atoms with Gasteiger partial charge in [-0.1, -0.05) is 29.3 Å². The molecule has 5 rings (SSSR count). The standard InChI is InChI=1S/C22H22Cl2N4O2/c23-19-4-15(5-20(24)6-19)13-30-22(29)28-11-17-9-27(10-18(17)12-28)8-14-1-2-21-16(3-14)7-25-26-21/h1-7,17-18H,8-13H2,(H,25,26). The molecular weight excluding hydrogens is 423 g/mol. The Morgan fingerprint density at radius 3 is 2.50 bits per heavy atom. The highest BCUT2D eigenvalue weighted by Crippen LogP contribution is 2.32. The van der Waals surface area contributed by atoms with Gasteiger partial charge in [0.1, 0.15) is 6.61 Å². The number of carbonyl (C=O) groups is 1. The Bertz CT molecular complexity index is 1050. The van der Waals surface area contributed by atoms with Gasteiger partial charge in [0.25, 0.3) is 0 Å². The number of hydrogen-bond acceptors (Lipinski definition) is 4. The minimum Gasteiger partial charge on any atom is -0.445 e. The largest absolute Gasteiger partial charge is 0.445 e. The molecule has 2 saturated heterocycles. The molecule has 2 unspecified atom stereocenters. The van der Waals surface area contributed by atoms with E-state index in [-0.39, 0.29) is 12.7 Å². The summed E-state index contributed by atoms with van der Waals surface area (Å²) in [5, 5.41) is 9.29. The monoisotopic (exact) mass is 444 g/mol. The molecule has 3 aromatic rings. The third kappa shape index (κ3) is 4.13. The lowest BCUT2D eigenvalue weighted by Gasteiger charge is -2.21. The van der Waals surface area contributed by atoms with Crippen LogP contribution in [-0.4, -0.2) is 52.3 Å². The summed E-state index contributed by atoms with van der Waals surface area (Å²) in [5.41, 5.74) is 3.15. The Kier molecular flexibility index (Phi) is 5.31. The fourth-order valence-corrected chi connectivity index (χ4v) is 5.22. The second kappa shape index (κ2) is 8.10. The maximum absolute atomic E-state index is 12.5. The molecule has 1 amide bonds.